The van der Waals surface area contributed by atoms with Gasteiger partial charge in [0.25, 0.3) is 0 Å². The van der Waals surface area contributed by atoms with Gasteiger partial charge in [-0.15, -0.1) is 0 Å². The Balaban J connectivity index is 1.43. The van der Waals surface area contributed by atoms with Crippen LogP contribution in [-0.4, -0.2) is 24.7 Å². The summed E-state index contributed by atoms with van der Waals surface area (Å²) in [7, 11) is 0. The quantitative estimate of drug-likeness (QED) is 0.114. The van der Waals surface area contributed by atoms with E-state index in [1.54, 1.807) is 42.5 Å². The Morgan fingerprint density at radius 1 is 0.972 bits per heavy atom. The topological polar surface area (TPSA) is 77.0 Å². The normalized spacial score (nSPS) is 11.0. The summed E-state index contributed by atoms with van der Waals surface area (Å²) < 4.78 is 12.1. The zero-order valence-electron chi connectivity index (χ0n) is 19.3. The van der Waals surface area contributed by atoms with Crippen LogP contribution in [-0.2, 0) is 11.2 Å². The van der Waals surface area contributed by atoms with Gasteiger partial charge in [-0.3, -0.25) is 4.79 Å². The van der Waals surface area contributed by atoms with Crippen molar-refractivity contribution in [2.24, 2.45) is 5.10 Å². The van der Waals surface area contributed by atoms with Crippen LogP contribution in [0.5, 0.6) is 11.5 Å². The highest BCUT2D eigenvalue weighted by atomic mass is 79.9. The molecule has 0 radical (unpaired) electrons. The number of ether oxygens (including phenoxy) is 2. The molecule has 8 heteroatoms. The zero-order valence-corrected chi connectivity index (χ0v) is 21.7. The minimum atomic E-state index is -0.587. The number of rotatable bonds is 8. The fourth-order valence-corrected chi connectivity index (χ4v) is 4.30. The number of nitrogens with one attached hydrogen (secondary N) is 1. The first kappa shape index (κ1) is 25.4. The molecule has 1 amide bonds. The lowest BCUT2D eigenvalue weighted by Crippen LogP contribution is -2.20. The average molecular weight is 566 g/mol. The van der Waals surface area contributed by atoms with Crippen LogP contribution in [0.25, 0.3) is 10.8 Å². The van der Waals surface area contributed by atoms with Crippen molar-refractivity contribution in [1.29, 1.82) is 0 Å². The smallest absolute Gasteiger partial charge is 0.345 e. The van der Waals surface area contributed by atoms with Gasteiger partial charge in [-0.1, -0.05) is 70.0 Å². The number of carbonyl (C=O) groups excluding carboxylic acids is 2. The third-order valence-electron chi connectivity index (χ3n) is 5.28. The van der Waals surface area contributed by atoms with E-state index in [0.29, 0.717) is 22.9 Å². The summed E-state index contributed by atoms with van der Waals surface area (Å²) >= 11 is 9.64. The molecule has 1 N–H and O–H groups in total. The van der Waals surface area contributed by atoms with Crippen molar-refractivity contribution in [3.8, 4) is 11.5 Å². The van der Waals surface area contributed by atoms with E-state index < -0.39 is 5.97 Å². The van der Waals surface area contributed by atoms with Crippen molar-refractivity contribution in [3.63, 3.8) is 0 Å². The number of halogens is 2. The Hall–Kier alpha value is -3.68. The number of nitrogens with zero attached hydrogens (tertiary/aromatic N) is 1. The largest absolute Gasteiger partial charge is 0.490 e. The number of fused-ring (bicyclic) bond motifs is 1. The van der Waals surface area contributed by atoms with Crippen LogP contribution in [0.2, 0.25) is 5.02 Å². The summed E-state index contributed by atoms with van der Waals surface area (Å²) in [4.78, 5) is 25.0. The molecule has 0 aliphatic heterocycles. The Labute approximate surface area is 222 Å². The van der Waals surface area contributed by atoms with E-state index in [-0.39, 0.29) is 23.6 Å². The van der Waals surface area contributed by atoms with Crippen LogP contribution in [0.4, 0.5) is 0 Å². The van der Waals surface area contributed by atoms with E-state index in [1.807, 2.05) is 43.3 Å². The van der Waals surface area contributed by atoms with Gasteiger partial charge in [0, 0.05) is 4.47 Å². The predicted octanol–water partition coefficient (Wildman–Crippen LogP) is 6.57. The van der Waals surface area contributed by atoms with Gasteiger partial charge in [0.1, 0.15) is 0 Å². The van der Waals surface area contributed by atoms with Gasteiger partial charge in [-0.05, 0) is 65.2 Å². The number of amides is 1. The number of carbonyl (C=O) groups is 2. The molecule has 0 fully saturated rings. The van der Waals surface area contributed by atoms with E-state index in [4.69, 9.17) is 21.1 Å². The SMILES string of the molecule is CCOc1cc(/C=N\NC(=O)Cc2ccc(Br)c3ccccc23)ccc1OC(=O)c1ccccc1Cl. The van der Waals surface area contributed by atoms with Crippen LogP contribution in [0.1, 0.15) is 28.4 Å². The van der Waals surface area contributed by atoms with E-state index in [2.05, 4.69) is 26.5 Å². The maximum Gasteiger partial charge on any atom is 0.345 e. The minimum absolute atomic E-state index is 0.187. The molecule has 0 atom stereocenters. The highest BCUT2D eigenvalue weighted by molar-refractivity contribution is 9.10. The highest BCUT2D eigenvalue weighted by Gasteiger charge is 2.15. The number of hydrazone groups is 1. The summed E-state index contributed by atoms with van der Waals surface area (Å²) in [6.07, 6.45) is 1.69. The molecular formula is C28H22BrClN2O4. The first-order valence-electron chi connectivity index (χ1n) is 11.2. The average Bonchev–Trinajstić information content (AvgIpc) is 2.88. The number of esters is 1. The van der Waals surface area contributed by atoms with Crippen molar-refractivity contribution < 1.29 is 19.1 Å². The van der Waals surface area contributed by atoms with Crippen molar-refractivity contribution in [1.82, 2.24) is 5.43 Å². The van der Waals surface area contributed by atoms with Gasteiger partial charge in [-0.25, -0.2) is 10.2 Å². The Bertz CT molecular complexity index is 1450. The van der Waals surface area contributed by atoms with Crippen molar-refractivity contribution >= 4 is 56.4 Å². The molecule has 0 aromatic heterocycles. The molecule has 0 saturated heterocycles. The molecular weight excluding hydrogens is 544 g/mol. The first-order chi connectivity index (χ1) is 17.5. The lowest BCUT2D eigenvalue weighted by Gasteiger charge is -2.12. The second kappa shape index (κ2) is 11.8. The lowest BCUT2D eigenvalue weighted by molar-refractivity contribution is -0.120. The standard InChI is InChI=1S/C28H22BrClN2O4/c1-2-35-26-15-18(11-14-25(26)36-28(34)22-9-5-6-10-24(22)30)17-31-32-27(33)16-19-12-13-23(29)21-8-4-3-7-20(19)21/h3-15,17H,2,16H2,1H3,(H,32,33)/b31-17-. The van der Waals surface area contributed by atoms with Crippen LogP contribution < -0.4 is 14.9 Å². The van der Waals surface area contributed by atoms with Crippen LogP contribution >= 0.6 is 27.5 Å². The summed E-state index contributed by atoms with van der Waals surface area (Å²) in [6, 6.07) is 23.4. The highest BCUT2D eigenvalue weighted by Crippen LogP contribution is 2.30. The third kappa shape index (κ3) is 6.11. The number of hydrogen-bond donors (Lipinski definition) is 1. The molecule has 4 aromatic rings. The molecule has 36 heavy (non-hydrogen) atoms. The molecule has 0 bridgehead atoms. The fourth-order valence-electron chi connectivity index (χ4n) is 3.61. The Kier molecular flexibility index (Phi) is 8.36. The van der Waals surface area contributed by atoms with Gasteiger partial charge in [-0.2, -0.15) is 5.10 Å². The zero-order chi connectivity index (χ0) is 25.5. The summed E-state index contributed by atoms with van der Waals surface area (Å²) in [6.45, 7) is 2.20. The van der Waals surface area contributed by atoms with Gasteiger partial charge in [0.15, 0.2) is 11.5 Å². The minimum Gasteiger partial charge on any atom is -0.490 e. The first-order valence-corrected chi connectivity index (χ1v) is 12.3. The van der Waals surface area contributed by atoms with Crippen LogP contribution in [0.3, 0.4) is 0 Å². The maximum atomic E-state index is 12.5. The monoisotopic (exact) mass is 564 g/mol. The van der Waals surface area contributed by atoms with Gasteiger partial charge < -0.3 is 9.47 Å². The molecule has 0 spiro atoms. The second-order valence-electron chi connectivity index (χ2n) is 7.73. The predicted molar refractivity (Wildman–Crippen MR) is 145 cm³/mol. The van der Waals surface area contributed by atoms with Gasteiger partial charge in [0.05, 0.1) is 29.8 Å². The fraction of sp³-hybridized carbons (Fsp3) is 0.107. The molecule has 0 unspecified atom stereocenters. The summed E-state index contributed by atoms with van der Waals surface area (Å²) in [5.74, 6) is -0.204. The van der Waals surface area contributed by atoms with Gasteiger partial charge >= 0.3 is 5.97 Å². The van der Waals surface area contributed by atoms with Crippen molar-refractivity contribution in [2.45, 2.75) is 13.3 Å². The molecule has 4 rings (SSSR count). The third-order valence-corrected chi connectivity index (χ3v) is 6.30. The van der Waals surface area contributed by atoms with E-state index in [9.17, 15) is 9.59 Å². The molecule has 0 aliphatic carbocycles. The summed E-state index contributed by atoms with van der Waals surface area (Å²) in [5.41, 5.74) is 4.39. The Morgan fingerprint density at radius 3 is 2.50 bits per heavy atom. The second-order valence-corrected chi connectivity index (χ2v) is 8.99. The lowest BCUT2D eigenvalue weighted by atomic mass is 10.0. The molecule has 0 aliphatic rings. The molecule has 4 aromatic carbocycles. The Morgan fingerprint density at radius 2 is 1.72 bits per heavy atom. The van der Waals surface area contributed by atoms with Crippen molar-refractivity contribution in [2.75, 3.05) is 6.61 Å². The van der Waals surface area contributed by atoms with Gasteiger partial charge in [0.2, 0.25) is 5.91 Å². The molecule has 182 valence electrons. The van der Waals surface area contributed by atoms with Crippen LogP contribution in [0.15, 0.2) is 88.4 Å². The number of benzene rings is 4. The summed E-state index contributed by atoms with van der Waals surface area (Å²) in [5, 5.41) is 6.43. The maximum absolute atomic E-state index is 12.5. The molecule has 6 nitrogen and oxygen atoms in total. The van der Waals surface area contributed by atoms with E-state index >= 15 is 0 Å². The van der Waals surface area contributed by atoms with E-state index in [0.717, 1.165) is 20.8 Å². The number of hydrogen-bond acceptors (Lipinski definition) is 5. The van der Waals surface area contributed by atoms with Crippen molar-refractivity contribution in [3.05, 3.63) is 105 Å². The molecule has 0 heterocycles. The van der Waals surface area contributed by atoms with E-state index in [1.165, 1.54) is 6.21 Å². The molecule has 0 saturated carbocycles. The van der Waals surface area contributed by atoms with Crippen LogP contribution in [0, 0.1) is 0 Å².